The third-order valence-electron chi connectivity index (χ3n) is 9.75. The molecule has 4 aliphatic carbocycles. The van der Waals surface area contributed by atoms with Crippen molar-refractivity contribution in [2.24, 2.45) is 28.6 Å². The molecule has 3 fully saturated rings. The zero-order valence-corrected chi connectivity index (χ0v) is 21.8. The van der Waals surface area contributed by atoms with Gasteiger partial charge in [-0.05, 0) is 86.3 Å². The van der Waals surface area contributed by atoms with E-state index in [-0.39, 0.29) is 28.5 Å². The van der Waals surface area contributed by atoms with Gasteiger partial charge in [0.2, 0.25) is 0 Å². The molecule has 0 bridgehead atoms. The van der Waals surface area contributed by atoms with Crippen LogP contribution in [0, 0.1) is 28.6 Å². The molecule has 0 amide bonds. The summed E-state index contributed by atoms with van der Waals surface area (Å²) in [5, 5.41) is 35.0. The fourth-order valence-corrected chi connectivity index (χ4v) is 7.67. The molecule has 4 aliphatic rings. The molecule has 0 spiro atoms. The number of aromatic carboxylic acids is 1. The molecule has 1 aromatic rings. The Hall–Kier alpha value is -3.03. The maximum absolute atomic E-state index is 11.9. The van der Waals surface area contributed by atoms with Gasteiger partial charge in [-0.2, -0.15) is 0 Å². The van der Waals surface area contributed by atoms with Crippen LogP contribution in [-0.2, 0) is 14.3 Å². The van der Waals surface area contributed by atoms with Gasteiger partial charge >= 0.3 is 11.9 Å². The minimum atomic E-state index is -1.29. The van der Waals surface area contributed by atoms with E-state index in [4.69, 9.17) is 25.2 Å². The molecule has 1 aromatic carbocycles. The molecule has 5 rings (SSSR count). The number of carbonyl (C=O) groups excluding carboxylic acids is 2. The van der Waals surface area contributed by atoms with Crippen molar-refractivity contribution >= 4 is 17.7 Å². The van der Waals surface area contributed by atoms with Crippen LogP contribution < -0.4 is 0 Å². The van der Waals surface area contributed by atoms with Crippen molar-refractivity contribution in [3.05, 3.63) is 29.3 Å². The van der Waals surface area contributed by atoms with Crippen molar-refractivity contribution < 1.29 is 39.5 Å². The fraction of sp³-hybridized carbons (Fsp3) is 0.621. The van der Waals surface area contributed by atoms with Crippen molar-refractivity contribution in [2.45, 2.75) is 84.7 Å². The van der Waals surface area contributed by atoms with E-state index >= 15 is 0 Å². The molecule has 4 N–H and O–H groups in total. The molecule has 0 aliphatic heterocycles. The first kappa shape index (κ1) is 27.0. The minimum absolute atomic E-state index is 0.0411. The third kappa shape index (κ3) is 4.82. The number of hydrogen-bond donors (Lipinski definition) is 4. The summed E-state index contributed by atoms with van der Waals surface area (Å²) in [5.74, 6) is -0.921. The fourth-order valence-electron chi connectivity index (χ4n) is 7.67. The van der Waals surface area contributed by atoms with Crippen molar-refractivity contribution in [1.29, 1.82) is 0 Å². The molecule has 0 aromatic heterocycles. The number of hydrogen-bond acceptors (Lipinski definition) is 7. The Bertz CT molecular complexity index is 1100. The summed E-state index contributed by atoms with van der Waals surface area (Å²) in [6.45, 7) is 6.69. The van der Waals surface area contributed by atoms with Gasteiger partial charge in [0.15, 0.2) is 23.0 Å². The number of aromatic hydroxyl groups is 3. The van der Waals surface area contributed by atoms with E-state index in [0.717, 1.165) is 50.2 Å². The lowest BCUT2D eigenvalue weighted by Gasteiger charge is -2.57. The molecule has 3 saturated carbocycles. The summed E-state index contributed by atoms with van der Waals surface area (Å²) in [7, 11) is 0. The minimum Gasteiger partial charge on any atom is -0.504 e. The van der Waals surface area contributed by atoms with Gasteiger partial charge < -0.3 is 25.2 Å². The van der Waals surface area contributed by atoms with E-state index < -0.39 is 23.2 Å². The Morgan fingerprint density at radius 2 is 1.65 bits per heavy atom. The second-order valence-corrected chi connectivity index (χ2v) is 11.6. The molecular formula is C29H38O8. The van der Waals surface area contributed by atoms with Crippen LogP contribution in [-0.4, -0.2) is 44.3 Å². The van der Waals surface area contributed by atoms with Crippen LogP contribution in [0.2, 0.25) is 0 Å². The van der Waals surface area contributed by atoms with Gasteiger partial charge in [0.25, 0.3) is 0 Å². The van der Waals surface area contributed by atoms with E-state index in [1.165, 1.54) is 24.8 Å². The van der Waals surface area contributed by atoms with Crippen LogP contribution >= 0.6 is 0 Å². The number of carboxylic acids is 1. The number of allylic oxidation sites excluding steroid dienone is 1. The second kappa shape index (κ2) is 10.0. The number of fused-ring (bicyclic) bond motifs is 5. The first-order valence-corrected chi connectivity index (χ1v) is 13.3. The van der Waals surface area contributed by atoms with Crippen molar-refractivity contribution in [1.82, 2.24) is 0 Å². The maximum atomic E-state index is 11.9. The monoisotopic (exact) mass is 514 g/mol. The van der Waals surface area contributed by atoms with Crippen LogP contribution in [0.5, 0.6) is 17.2 Å². The van der Waals surface area contributed by atoms with Gasteiger partial charge in [-0.25, -0.2) is 4.79 Å². The molecule has 202 valence electrons. The van der Waals surface area contributed by atoms with Gasteiger partial charge in [0.05, 0.1) is 5.56 Å². The molecule has 0 saturated heterocycles. The van der Waals surface area contributed by atoms with E-state index in [0.29, 0.717) is 24.0 Å². The zero-order valence-electron chi connectivity index (χ0n) is 21.8. The molecule has 8 nitrogen and oxygen atoms in total. The van der Waals surface area contributed by atoms with Crippen LogP contribution in [0.1, 0.15) is 88.9 Å². The number of ether oxygens (including phenoxy) is 1. The average molecular weight is 515 g/mol. The highest BCUT2D eigenvalue weighted by Crippen LogP contribution is 2.65. The van der Waals surface area contributed by atoms with Crippen LogP contribution in [0.25, 0.3) is 0 Å². The number of benzene rings is 1. The van der Waals surface area contributed by atoms with Gasteiger partial charge in [-0.15, -0.1) is 0 Å². The predicted molar refractivity (Wildman–Crippen MR) is 135 cm³/mol. The number of carbonyl (C=O) groups is 3. The van der Waals surface area contributed by atoms with E-state index in [2.05, 4.69) is 13.8 Å². The topological polar surface area (TPSA) is 141 Å². The molecule has 37 heavy (non-hydrogen) atoms. The van der Waals surface area contributed by atoms with Gasteiger partial charge in [-0.3, -0.25) is 9.59 Å². The summed E-state index contributed by atoms with van der Waals surface area (Å²) < 4.78 is 5.86. The van der Waals surface area contributed by atoms with E-state index in [9.17, 15) is 14.4 Å². The van der Waals surface area contributed by atoms with Crippen LogP contribution in [0.15, 0.2) is 23.8 Å². The van der Waals surface area contributed by atoms with Gasteiger partial charge in [-0.1, -0.05) is 26.3 Å². The second-order valence-electron chi connectivity index (χ2n) is 11.6. The van der Waals surface area contributed by atoms with Gasteiger partial charge in [0, 0.05) is 18.3 Å². The number of carboxylic acid groups (broad SMARTS) is 1. The number of esters is 1. The Labute approximate surface area is 217 Å². The van der Waals surface area contributed by atoms with Crippen LogP contribution in [0.3, 0.4) is 0 Å². The van der Waals surface area contributed by atoms with E-state index in [1.54, 1.807) is 0 Å². The highest BCUT2D eigenvalue weighted by Gasteiger charge is 2.59. The Kier molecular flexibility index (Phi) is 7.32. The summed E-state index contributed by atoms with van der Waals surface area (Å²) >= 11 is 0. The normalized spacial score (nSPS) is 34.1. The Balaban J connectivity index is 0.000000225. The lowest BCUT2D eigenvalue weighted by molar-refractivity contribution is -0.159. The molecule has 6 unspecified atom stereocenters. The zero-order chi connectivity index (χ0) is 27.1. The largest absolute Gasteiger partial charge is 0.504 e. The molecule has 0 radical (unpaired) electrons. The summed E-state index contributed by atoms with van der Waals surface area (Å²) in [4.78, 5) is 34.1. The third-order valence-corrected chi connectivity index (χ3v) is 9.75. The first-order chi connectivity index (χ1) is 17.4. The smallest absolute Gasteiger partial charge is 0.335 e. The molecule has 8 heteroatoms. The lowest BCUT2D eigenvalue weighted by atomic mass is 9.47. The molecular weight excluding hydrogens is 476 g/mol. The Morgan fingerprint density at radius 3 is 2.27 bits per heavy atom. The van der Waals surface area contributed by atoms with Crippen molar-refractivity contribution in [2.75, 3.05) is 0 Å². The number of phenols is 3. The summed E-state index contributed by atoms with van der Waals surface area (Å²) in [6.07, 6.45) is 11.3. The maximum Gasteiger partial charge on any atom is 0.335 e. The van der Waals surface area contributed by atoms with E-state index in [1.807, 2.05) is 13.0 Å². The average Bonchev–Trinajstić information content (AvgIpc) is 3.18. The Morgan fingerprint density at radius 1 is 0.973 bits per heavy atom. The number of phenolic OH excluding ortho intramolecular Hbond substituents is 3. The highest BCUT2D eigenvalue weighted by molar-refractivity contribution is 5.91. The number of ketones is 1. The molecule has 0 heterocycles. The standard InChI is InChI=1S/C22H32O3.C7H6O5/c1-4-20(24)25-19-8-7-17-16-6-5-14-13-15(23)9-11-21(14,2)18(16)10-12-22(17,19)3;8-4-1-3(7(11)12)2-5(9)6(4)10/h13,16-19H,4-12H2,1-3H3;1-2,8-10H,(H,11,12). The first-order valence-electron chi connectivity index (χ1n) is 13.3. The lowest BCUT2D eigenvalue weighted by Crippen LogP contribution is -2.51. The SMILES string of the molecule is CCC(=O)OC1CCC2C3CCC4=CC(=O)CCC4(C)C3CCC12C.O=C(O)c1cc(O)c(O)c(O)c1. The predicted octanol–water partition coefficient (Wildman–Crippen LogP) is 5.34. The van der Waals surface area contributed by atoms with Crippen molar-refractivity contribution in [3.63, 3.8) is 0 Å². The quantitative estimate of drug-likeness (QED) is 0.313. The van der Waals surface area contributed by atoms with Crippen LogP contribution in [0.4, 0.5) is 0 Å². The van der Waals surface area contributed by atoms with Gasteiger partial charge in [0.1, 0.15) is 6.10 Å². The van der Waals surface area contributed by atoms with Crippen molar-refractivity contribution in [3.8, 4) is 17.2 Å². The summed E-state index contributed by atoms with van der Waals surface area (Å²) in [5.41, 5.74) is 1.54. The highest BCUT2D eigenvalue weighted by atomic mass is 16.5. The summed E-state index contributed by atoms with van der Waals surface area (Å²) in [6, 6.07) is 1.69. The number of rotatable bonds is 3. The molecule has 6 atom stereocenters.